The van der Waals surface area contributed by atoms with Gasteiger partial charge < -0.3 is 195 Å². The molecule has 8 saturated heterocycles. The first-order valence-corrected chi connectivity index (χ1v) is 43.7. The number of carbonyl (C=O) groups is 7. The number of aliphatic hydroxyl groups is 18. The van der Waals surface area contributed by atoms with Gasteiger partial charge >= 0.3 is 6.03 Å². The molecular formula is C82H119N7O39S. The summed E-state index contributed by atoms with van der Waals surface area (Å²) in [6, 6.07) is 15.9. The Labute approximate surface area is 743 Å². The average Bonchev–Trinajstić information content (AvgIpc) is 1.44. The Balaban J connectivity index is 0.694. The van der Waals surface area contributed by atoms with E-state index < -0.39 is 261 Å². The van der Waals surface area contributed by atoms with Gasteiger partial charge in [0.1, 0.15) is 164 Å². The molecule has 8 aliphatic heterocycles. The summed E-state index contributed by atoms with van der Waals surface area (Å²) in [6.45, 7) is -4.51. The van der Waals surface area contributed by atoms with Gasteiger partial charge in [-0.3, -0.25) is 28.8 Å². The molecule has 0 saturated carbocycles. The highest BCUT2D eigenvalue weighted by Gasteiger charge is 2.57. The number of thioether (sulfide) groups is 1. The van der Waals surface area contributed by atoms with Gasteiger partial charge in [0.2, 0.25) is 11.8 Å². The first-order chi connectivity index (χ1) is 61.8. The molecule has 8 heterocycles. The highest BCUT2D eigenvalue weighted by molar-refractivity contribution is 8.00. The van der Waals surface area contributed by atoms with E-state index in [2.05, 4.69) is 37.2 Å². The lowest BCUT2D eigenvalue weighted by atomic mass is 9.95. The monoisotopic (exact) mass is 1860 g/mol. The molecule has 3 aromatic carbocycles. The number of Topliss-reactive ketones (excluding diaryl/α,β-unsaturated/α-hetero) is 1. The van der Waals surface area contributed by atoms with E-state index in [9.17, 15) is 125 Å². The van der Waals surface area contributed by atoms with E-state index in [4.69, 9.17) is 66.3 Å². The van der Waals surface area contributed by atoms with Gasteiger partial charge in [0.25, 0.3) is 17.7 Å². The highest BCUT2D eigenvalue weighted by Crippen LogP contribution is 2.39. The molecule has 8 fully saturated rings. The van der Waals surface area contributed by atoms with Crippen molar-refractivity contribution in [3.05, 3.63) is 72.3 Å². The Hall–Kier alpha value is -7.30. The molecule has 25 N–H and O–H groups in total. The van der Waals surface area contributed by atoms with Gasteiger partial charge in [-0.1, -0.05) is 36.8 Å². The summed E-state index contributed by atoms with van der Waals surface area (Å²) in [4.78, 5) is 90.5. The van der Waals surface area contributed by atoms with Crippen LogP contribution in [0.1, 0.15) is 75.6 Å². The third-order valence-corrected chi connectivity index (χ3v) is 24.6. The minimum Gasteiger partial charge on any atom is -0.484 e. The predicted octanol–water partition coefficient (Wildman–Crippen LogP) is -9.19. The second kappa shape index (κ2) is 48.6. The van der Waals surface area contributed by atoms with Gasteiger partial charge in [-0.2, -0.15) is 11.8 Å². The molecule has 3 aromatic rings. The van der Waals surface area contributed by atoms with Crippen molar-refractivity contribution < 1.29 is 192 Å². The Morgan fingerprint density at radius 1 is 0.419 bits per heavy atom. The zero-order valence-corrected chi connectivity index (χ0v) is 71.3. The molecule has 722 valence electrons. The van der Waals surface area contributed by atoms with Crippen molar-refractivity contribution >= 4 is 53.1 Å². The summed E-state index contributed by atoms with van der Waals surface area (Å²) in [5.41, 5.74) is 2.75. The molecule has 33 atom stereocenters. The van der Waals surface area contributed by atoms with E-state index in [1.807, 2.05) is 30.0 Å². The Morgan fingerprint density at radius 2 is 0.829 bits per heavy atom. The topological polar surface area (TPSA) is 697 Å². The van der Waals surface area contributed by atoms with E-state index in [-0.39, 0.29) is 87.0 Å². The molecule has 0 aliphatic carbocycles. The standard InChI is InChI=1S/C82H119N7O39S/c1-36(96)86-57-63(105)71(125-80-69(111)73(61(103)49(29-92)121-80)127-78-67(109)65(107)59(101)47(27-90)119-78)51(31-94)123-76(57)115-20-8-18-83-54(99)33-117-44-24-42(40-12-5-10-38(22-40)39-11-6-13-41(23-39)75(113)85-17-7-15-43(98)14-3-4-16-53-56-46(35-129-53)88-82(114)89-56)25-45(26-44)118-34-55(100)84-19-9-21-116-77-58(87-37(2)97)64(106)72(52(32-95)124-77)126-81-70(112)74(62(104)50(30-93)122-81)128-79-68(110)66(108)60(102)48(28-91)120-79/h5-6,10-13,22-26,46-53,56-74,76-81,90-95,101-112H,3-4,7-9,14-21,27-35H2,1-2H3,(H,83,99)(H,84,100)(H,85,113)(H,86,96)(H,87,97)(H2,88,89,114)/t46-,47?,48?,49?,50?,51?,52?,53-,56-,57?,58?,59-,60-,61-,62-,63+,64+,65-,66-,67?,68?,69?,70?,71+,72+,73-,74-,76+,77+,78+,79+,80-,81-/m0/s1. The Kier molecular flexibility index (Phi) is 38.5. The number of nitrogens with one attached hydrogen (secondary N) is 7. The maximum Gasteiger partial charge on any atom is 0.315 e. The van der Waals surface area contributed by atoms with E-state index in [0.29, 0.717) is 52.3 Å². The van der Waals surface area contributed by atoms with Crippen LogP contribution >= 0.6 is 11.8 Å². The van der Waals surface area contributed by atoms with E-state index >= 15 is 0 Å². The van der Waals surface area contributed by atoms with Gasteiger partial charge in [-0.25, -0.2) is 4.79 Å². The molecule has 47 heteroatoms. The highest BCUT2D eigenvalue weighted by atomic mass is 32.2. The summed E-state index contributed by atoms with van der Waals surface area (Å²) < 4.78 is 81.2. The van der Waals surface area contributed by atoms with Crippen molar-refractivity contribution in [1.29, 1.82) is 0 Å². The van der Waals surface area contributed by atoms with Crippen LogP contribution in [0.5, 0.6) is 11.5 Å². The summed E-state index contributed by atoms with van der Waals surface area (Å²) in [5.74, 6) is -1.87. The number of ether oxygens (including phenoxy) is 14. The number of hydrogen-bond donors (Lipinski definition) is 25. The third-order valence-electron chi connectivity index (χ3n) is 23.1. The molecule has 0 bridgehead atoms. The lowest BCUT2D eigenvalue weighted by Gasteiger charge is -2.48. The van der Waals surface area contributed by atoms with Gasteiger partial charge in [-0.05, 0) is 84.7 Å². The van der Waals surface area contributed by atoms with E-state index in [1.165, 1.54) is 6.07 Å². The molecule has 0 radical (unpaired) electrons. The number of carbonyl (C=O) groups excluding carboxylic acids is 7. The maximum absolute atomic E-state index is 13.6. The number of hydrogen-bond acceptors (Lipinski definition) is 40. The van der Waals surface area contributed by atoms with Crippen LogP contribution in [0.25, 0.3) is 22.3 Å². The molecule has 8 aliphatic rings. The molecule has 7 amide bonds. The van der Waals surface area contributed by atoms with Crippen LogP contribution in [0.2, 0.25) is 0 Å². The lowest BCUT2D eigenvalue weighted by Crippen LogP contribution is -2.68. The van der Waals surface area contributed by atoms with Crippen LogP contribution < -0.4 is 46.7 Å². The minimum absolute atomic E-state index is 0.0585. The predicted molar refractivity (Wildman–Crippen MR) is 437 cm³/mol. The quantitative estimate of drug-likeness (QED) is 0.0185. The fourth-order valence-corrected chi connectivity index (χ4v) is 17.8. The fraction of sp³-hybridized carbons (Fsp3) is 0.695. The first-order valence-electron chi connectivity index (χ1n) is 42.6. The second-order valence-corrected chi connectivity index (χ2v) is 33.7. The van der Waals surface area contributed by atoms with Gasteiger partial charge in [0.05, 0.1) is 64.9 Å². The molecule has 46 nitrogen and oxygen atoms in total. The van der Waals surface area contributed by atoms with Crippen LogP contribution in [0.3, 0.4) is 0 Å². The summed E-state index contributed by atoms with van der Waals surface area (Å²) >= 11 is 1.83. The number of unbranched alkanes of at least 4 members (excludes halogenated alkanes) is 1. The fourth-order valence-electron chi connectivity index (χ4n) is 16.2. The number of rotatable bonds is 44. The van der Waals surface area contributed by atoms with E-state index in [0.717, 1.165) is 38.9 Å². The van der Waals surface area contributed by atoms with Crippen LogP contribution in [0, 0.1) is 0 Å². The molecule has 0 aromatic heterocycles. The Bertz CT molecular complexity index is 3950. The van der Waals surface area contributed by atoms with Crippen molar-refractivity contribution in [2.45, 2.75) is 267 Å². The summed E-state index contributed by atoms with van der Waals surface area (Å²) in [5, 5.41) is 212. The number of urea groups is 1. The van der Waals surface area contributed by atoms with Crippen LogP contribution in [-0.2, 0) is 80.8 Å². The first kappa shape index (κ1) is 102. The molecule has 11 rings (SSSR count). The van der Waals surface area contributed by atoms with Crippen molar-refractivity contribution in [1.82, 2.24) is 37.2 Å². The van der Waals surface area contributed by atoms with Crippen molar-refractivity contribution in [3.8, 4) is 33.8 Å². The van der Waals surface area contributed by atoms with Crippen LogP contribution in [0.15, 0.2) is 66.7 Å². The molecule has 12 unspecified atom stereocenters. The zero-order valence-electron chi connectivity index (χ0n) is 70.5. The summed E-state index contributed by atoms with van der Waals surface area (Å²) in [7, 11) is 0. The molecule has 0 spiro atoms. The number of amides is 7. The largest absolute Gasteiger partial charge is 0.484 e. The van der Waals surface area contributed by atoms with Crippen LogP contribution in [-0.4, -0.2) is 426 Å². The SMILES string of the molecule is CC(=O)NC1[C@H](OCCCNC(=O)COc2cc(OCC(=O)NCCCO[C@@H]3OC(CO)[C@@H](O[C@@H]4OC(CO)[C@H](O)[C@H](O[C@H]5OC(CO)[C@H](O)[C@H](O)C5O)C4O)[C@H](O)C3NC(C)=O)cc(-c3cccc(-c4cccc(C(=O)NCCCC(=O)CCCC[C@@H]5SC[C@@H]6NC(=O)N[C@@H]65)c4)c3)c2)OC(CO)[C@@H](O[C@@H]2OC(CO)[C@H](O)[C@H](O[C@H]3OC(CO)[C@H](O)[C@H](O)C3O)C2O)[C@@H]1O. The number of aliphatic hydroxyl groups excluding tert-OH is 18. The van der Waals surface area contributed by atoms with Crippen molar-refractivity contribution in [3.63, 3.8) is 0 Å². The molecular weight excluding hydrogens is 1740 g/mol. The summed E-state index contributed by atoms with van der Waals surface area (Å²) in [6.07, 6.45) is -45.9. The molecule has 129 heavy (non-hydrogen) atoms. The lowest BCUT2D eigenvalue weighted by molar-refractivity contribution is -0.376. The van der Waals surface area contributed by atoms with Crippen molar-refractivity contribution in [2.75, 3.05) is 91.5 Å². The maximum atomic E-state index is 13.6. The number of ketones is 1. The number of benzene rings is 3. The number of fused-ring (bicyclic) bond motifs is 1. The minimum atomic E-state index is -2.06. The third kappa shape index (κ3) is 26.4. The average molecular weight is 1860 g/mol. The normalized spacial score (nSPS) is 35.7. The van der Waals surface area contributed by atoms with Crippen LogP contribution in [0.4, 0.5) is 4.79 Å². The zero-order chi connectivity index (χ0) is 93.0. The van der Waals surface area contributed by atoms with Gasteiger partial charge in [-0.15, -0.1) is 0 Å². The Morgan fingerprint density at radius 3 is 1.29 bits per heavy atom. The second-order valence-electron chi connectivity index (χ2n) is 32.4. The van der Waals surface area contributed by atoms with Crippen molar-refractivity contribution in [2.24, 2.45) is 0 Å². The van der Waals surface area contributed by atoms with Gasteiger partial charge in [0.15, 0.2) is 51.0 Å². The van der Waals surface area contributed by atoms with Gasteiger partial charge in [0, 0.05) is 69.0 Å². The smallest absolute Gasteiger partial charge is 0.315 e. The van der Waals surface area contributed by atoms with E-state index in [1.54, 1.807) is 42.5 Å².